The summed E-state index contributed by atoms with van der Waals surface area (Å²) in [5.41, 5.74) is 2.30. The van der Waals surface area contributed by atoms with Gasteiger partial charge in [-0.25, -0.2) is 0 Å². The average molecular weight is 248 g/mol. The Labute approximate surface area is 110 Å². The number of hydrogen-bond acceptors (Lipinski definition) is 2. The predicted molar refractivity (Wildman–Crippen MR) is 76.9 cm³/mol. The first-order chi connectivity index (χ1) is 8.58. The van der Waals surface area contributed by atoms with Crippen LogP contribution in [-0.2, 0) is 4.79 Å². The molecule has 0 aliphatic carbocycles. The minimum atomic E-state index is 0.148. The van der Waals surface area contributed by atoms with Gasteiger partial charge in [-0.05, 0) is 37.5 Å². The lowest BCUT2D eigenvalue weighted by molar-refractivity contribution is -0.128. The maximum atomic E-state index is 11.9. The van der Waals surface area contributed by atoms with Gasteiger partial charge in [0.15, 0.2) is 0 Å². The second-order valence-electron chi connectivity index (χ2n) is 4.70. The molecule has 0 aliphatic rings. The highest BCUT2D eigenvalue weighted by Gasteiger charge is 2.08. The van der Waals surface area contributed by atoms with Crippen molar-refractivity contribution in [3.05, 3.63) is 29.8 Å². The van der Waals surface area contributed by atoms with E-state index in [-0.39, 0.29) is 5.91 Å². The molecule has 1 aromatic rings. The van der Waals surface area contributed by atoms with Crippen LogP contribution in [0.15, 0.2) is 24.3 Å². The molecule has 0 unspecified atom stereocenters. The molecule has 3 nitrogen and oxygen atoms in total. The van der Waals surface area contributed by atoms with Crippen molar-refractivity contribution in [2.24, 2.45) is 0 Å². The largest absolute Gasteiger partial charge is 0.376 e. The Balaban J connectivity index is 2.58. The van der Waals surface area contributed by atoms with Gasteiger partial charge < -0.3 is 10.2 Å². The Kier molecular flexibility index (Phi) is 5.69. The fourth-order valence-corrected chi connectivity index (χ4v) is 1.87. The zero-order chi connectivity index (χ0) is 13.5. The van der Waals surface area contributed by atoms with E-state index < -0.39 is 0 Å². The molecule has 0 aliphatic heterocycles. The Morgan fingerprint density at radius 1 is 1.28 bits per heavy atom. The highest BCUT2D eigenvalue weighted by atomic mass is 16.2. The molecule has 1 rings (SSSR count). The van der Waals surface area contributed by atoms with Crippen LogP contribution in [0.5, 0.6) is 0 Å². The SMILES string of the molecule is CCN(CC)C(=O)CNc1cccc(C(C)C)c1. The van der Waals surface area contributed by atoms with E-state index in [0.717, 1.165) is 18.8 Å². The number of rotatable bonds is 6. The van der Waals surface area contributed by atoms with E-state index in [4.69, 9.17) is 0 Å². The van der Waals surface area contributed by atoms with Crippen LogP contribution in [0.3, 0.4) is 0 Å². The number of benzene rings is 1. The van der Waals surface area contributed by atoms with E-state index in [9.17, 15) is 4.79 Å². The molecular weight excluding hydrogens is 224 g/mol. The van der Waals surface area contributed by atoms with Crippen LogP contribution < -0.4 is 5.32 Å². The molecule has 18 heavy (non-hydrogen) atoms. The van der Waals surface area contributed by atoms with Gasteiger partial charge in [-0.3, -0.25) is 4.79 Å². The molecule has 100 valence electrons. The van der Waals surface area contributed by atoms with Gasteiger partial charge in [-0.1, -0.05) is 26.0 Å². The van der Waals surface area contributed by atoms with Crippen LogP contribution in [0.4, 0.5) is 5.69 Å². The summed E-state index contributed by atoms with van der Waals surface area (Å²) in [6, 6.07) is 8.25. The second kappa shape index (κ2) is 7.04. The molecule has 0 saturated heterocycles. The Hall–Kier alpha value is -1.51. The van der Waals surface area contributed by atoms with E-state index in [2.05, 4.69) is 31.3 Å². The molecule has 0 heterocycles. The highest BCUT2D eigenvalue weighted by molar-refractivity contribution is 5.80. The molecule has 0 aromatic heterocycles. The number of anilines is 1. The van der Waals surface area contributed by atoms with Crippen LogP contribution in [-0.4, -0.2) is 30.4 Å². The first-order valence-electron chi connectivity index (χ1n) is 6.70. The van der Waals surface area contributed by atoms with Gasteiger partial charge in [0.2, 0.25) is 5.91 Å². The van der Waals surface area contributed by atoms with Crippen molar-refractivity contribution in [1.29, 1.82) is 0 Å². The highest BCUT2D eigenvalue weighted by Crippen LogP contribution is 2.18. The third-order valence-electron chi connectivity index (χ3n) is 3.11. The lowest BCUT2D eigenvalue weighted by Crippen LogP contribution is -2.35. The minimum Gasteiger partial charge on any atom is -0.376 e. The summed E-state index contributed by atoms with van der Waals surface area (Å²) in [6.45, 7) is 10.2. The van der Waals surface area contributed by atoms with Crippen molar-refractivity contribution in [2.75, 3.05) is 25.0 Å². The molecule has 0 atom stereocenters. The topological polar surface area (TPSA) is 32.3 Å². The first kappa shape index (κ1) is 14.6. The van der Waals surface area contributed by atoms with Crippen LogP contribution in [0.1, 0.15) is 39.2 Å². The zero-order valence-corrected chi connectivity index (χ0v) is 11.9. The van der Waals surface area contributed by atoms with Crippen LogP contribution in [0, 0.1) is 0 Å². The summed E-state index contributed by atoms with van der Waals surface area (Å²) in [6.07, 6.45) is 0. The summed E-state index contributed by atoms with van der Waals surface area (Å²) in [4.78, 5) is 13.7. The van der Waals surface area contributed by atoms with E-state index in [1.54, 1.807) is 0 Å². The lowest BCUT2D eigenvalue weighted by atomic mass is 10.0. The van der Waals surface area contributed by atoms with E-state index in [1.165, 1.54) is 5.56 Å². The summed E-state index contributed by atoms with van der Waals surface area (Å²) < 4.78 is 0. The third-order valence-corrected chi connectivity index (χ3v) is 3.11. The number of amides is 1. The van der Waals surface area contributed by atoms with Gasteiger partial charge in [0.1, 0.15) is 0 Å². The van der Waals surface area contributed by atoms with Crippen molar-refractivity contribution in [3.8, 4) is 0 Å². The number of carbonyl (C=O) groups is 1. The van der Waals surface area contributed by atoms with Crippen LogP contribution >= 0.6 is 0 Å². The maximum absolute atomic E-state index is 11.9. The van der Waals surface area contributed by atoms with Crippen molar-refractivity contribution < 1.29 is 4.79 Å². The Morgan fingerprint density at radius 2 is 1.94 bits per heavy atom. The summed E-state index contributed by atoms with van der Waals surface area (Å²) in [7, 11) is 0. The Morgan fingerprint density at radius 3 is 2.50 bits per heavy atom. The third kappa shape index (κ3) is 4.06. The standard InChI is InChI=1S/C15H24N2O/c1-5-17(6-2)15(18)11-16-14-9-7-8-13(10-14)12(3)4/h7-10,12,16H,5-6,11H2,1-4H3. The number of hydrogen-bond donors (Lipinski definition) is 1. The molecule has 0 spiro atoms. The molecule has 0 radical (unpaired) electrons. The van der Waals surface area contributed by atoms with Crippen LogP contribution in [0.25, 0.3) is 0 Å². The maximum Gasteiger partial charge on any atom is 0.241 e. The second-order valence-corrected chi connectivity index (χ2v) is 4.70. The fraction of sp³-hybridized carbons (Fsp3) is 0.533. The van der Waals surface area contributed by atoms with E-state index in [0.29, 0.717) is 12.5 Å². The molecule has 0 fully saturated rings. The van der Waals surface area contributed by atoms with E-state index >= 15 is 0 Å². The van der Waals surface area contributed by atoms with Gasteiger partial charge in [0, 0.05) is 18.8 Å². The average Bonchev–Trinajstić information content (AvgIpc) is 2.38. The minimum absolute atomic E-state index is 0.148. The zero-order valence-electron chi connectivity index (χ0n) is 11.9. The molecule has 1 amide bonds. The fourth-order valence-electron chi connectivity index (χ4n) is 1.87. The van der Waals surface area contributed by atoms with Gasteiger partial charge in [-0.15, -0.1) is 0 Å². The predicted octanol–water partition coefficient (Wildman–Crippen LogP) is 3.09. The normalized spacial score (nSPS) is 10.5. The van der Waals surface area contributed by atoms with Crippen molar-refractivity contribution in [3.63, 3.8) is 0 Å². The first-order valence-corrected chi connectivity index (χ1v) is 6.70. The molecule has 3 heteroatoms. The van der Waals surface area contributed by atoms with Crippen molar-refractivity contribution >= 4 is 11.6 Å². The van der Waals surface area contributed by atoms with Gasteiger partial charge in [-0.2, -0.15) is 0 Å². The smallest absolute Gasteiger partial charge is 0.241 e. The number of nitrogens with one attached hydrogen (secondary N) is 1. The number of carbonyl (C=O) groups excluding carboxylic acids is 1. The summed E-state index contributed by atoms with van der Waals surface area (Å²) >= 11 is 0. The summed E-state index contributed by atoms with van der Waals surface area (Å²) in [5, 5.41) is 3.20. The van der Waals surface area contributed by atoms with Gasteiger partial charge >= 0.3 is 0 Å². The molecule has 0 saturated carbocycles. The van der Waals surface area contributed by atoms with E-state index in [1.807, 2.05) is 30.9 Å². The molecule has 0 bridgehead atoms. The molecule has 1 N–H and O–H groups in total. The number of likely N-dealkylation sites (N-methyl/N-ethyl adjacent to an activating group) is 1. The van der Waals surface area contributed by atoms with Gasteiger partial charge in [0.05, 0.1) is 6.54 Å². The quantitative estimate of drug-likeness (QED) is 0.839. The Bertz CT molecular complexity index is 384. The van der Waals surface area contributed by atoms with Crippen molar-refractivity contribution in [1.82, 2.24) is 4.90 Å². The lowest BCUT2D eigenvalue weighted by Gasteiger charge is -2.19. The summed E-state index contributed by atoms with van der Waals surface area (Å²) in [5.74, 6) is 0.653. The van der Waals surface area contributed by atoms with Crippen molar-refractivity contribution in [2.45, 2.75) is 33.6 Å². The van der Waals surface area contributed by atoms with Gasteiger partial charge in [0.25, 0.3) is 0 Å². The monoisotopic (exact) mass is 248 g/mol. The number of nitrogens with zero attached hydrogens (tertiary/aromatic N) is 1. The molecular formula is C15H24N2O. The molecule has 1 aromatic carbocycles. The van der Waals surface area contributed by atoms with Crippen LogP contribution in [0.2, 0.25) is 0 Å².